The standard InChI is InChI=1S/C10H19NO/c12-8-10(6-9-2-3-9)4-1-5-11-7-10/h9,11-12H,1-8H2/t10-/m0/s1. The molecule has 0 radical (unpaired) electrons. The number of nitrogens with one attached hydrogen (secondary N) is 1. The monoisotopic (exact) mass is 169 g/mol. The fourth-order valence-corrected chi connectivity index (χ4v) is 2.34. The summed E-state index contributed by atoms with van der Waals surface area (Å²) >= 11 is 0. The highest BCUT2D eigenvalue weighted by atomic mass is 16.3. The molecule has 2 fully saturated rings. The minimum absolute atomic E-state index is 0.249. The topological polar surface area (TPSA) is 32.3 Å². The van der Waals surface area contributed by atoms with E-state index in [4.69, 9.17) is 0 Å². The van der Waals surface area contributed by atoms with Crippen LogP contribution in [0.2, 0.25) is 0 Å². The molecule has 1 saturated carbocycles. The highest BCUT2D eigenvalue weighted by molar-refractivity contribution is 4.90. The van der Waals surface area contributed by atoms with Crippen LogP contribution in [-0.4, -0.2) is 24.8 Å². The molecule has 0 amide bonds. The van der Waals surface area contributed by atoms with Crippen molar-refractivity contribution in [3.05, 3.63) is 0 Å². The van der Waals surface area contributed by atoms with Crippen LogP contribution >= 0.6 is 0 Å². The number of hydrogen-bond acceptors (Lipinski definition) is 2. The molecule has 1 saturated heterocycles. The van der Waals surface area contributed by atoms with Crippen molar-refractivity contribution in [2.75, 3.05) is 19.7 Å². The van der Waals surface area contributed by atoms with E-state index < -0.39 is 0 Å². The van der Waals surface area contributed by atoms with Crippen LogP contribution < -0.4 is 5.32 Å². The Morgan fingerprint density at radius 3 is 2.75 bits per heavy atom. The first-order chi connectivity index (χ1) is 5.85. The van der Waals surface area contributed by atoms with Crippen molar-refractivity contribution >= 4 is 0 Å². The van der Waals surface area contributed by atoms with Gasteiger partial charge >= 0.3 is 0 Å². The zero-order valence-corrected chi connectivity index (χ0v) is 7.68. The molecule has 0 aromatic carbocycles. The summed E-state index contributed by atoms with van der Waals surface area (Å²) in [4.78, 5) is 0. The predicted molar refractivity (Wildman–Crippen MR) is 49.0 cm³/mol. The molecule has 12 heavy (non-hydrogen) atoms. The van der Waals surface area contributed by atoms with Crippen molar-refractivity contribution in [3.63, 3.8) is 0 Å². The van der Waals surface area contributed by atoms with E-state index in [1.54, 1.807) is 0 Å². The maximum Gasteiger partial charge on any atom is 0.0499 e. The van der Waals surface area contributed by atoms with Crippen LogP contribution in [0.3, 0.4) is 0 Å². The maximum atomic E-state index is 9.38. The van der Waals surface area contributed by atoms with Crippen LogP contribution in [0.15, 0.2) is 0 Å². The summed E-state index contributed by atoms with van der Waals surface area (Å²) < 4.78 is 0. The van der Waals surface area contributed by atoms with Crippen LogP contribution in [-0.2, 0) is 0 Å². The van der Waals surface area contributed by atoms with Gasteiger partial charge in [-0.25, -0.2) is 0 Å². The van der Waals surface area contributed by atoms with E-state index in [0.29, 0.717) is 6.61 Å². The minimum Gasteiger partial charge on any atom is -0.396 e. The van der Waals surface area contributed by atoms with Gasteiger partial charge in [0.25, 0.3) is 0 Å². The number of aliphatic hydroxyl groups excluding tert-OH is 1. The Morgan fingerprint density at radius 1 is 1.42 bits per heavy atom. The van der Waals surface area contributed by atoms with Crippen LogP contribution in [0, 0.1) is 11.3 Å². The normalized spacial score (nSPS) is 36.8. The first-order valence-corrected chi connectivity index (χ1v) is 5.16. The minimum atomic E-state index is 0.249. The molecule has 0 aromatic heterocycles. The first kappa shape index (κ1) is 8.52. The molecule has 2 rings (SSSR count). The Bertz CT molecular complexity index is 148. The third-order valence-corrected chi connectivity index (χ3v) is 3.31. The molecule has 1 atom stereocenters. The summed E-state index contributed by atoms with van der Waals surface area (Å²) in [7, 11) is 0. The quantitative estimate of drug-likeness (QED) is 0.664. The molecule has 0 spiro atoms. The molecule has 1 heterocycles. The average Bonchev–Trinajstić information content (AvgIpc) is 2.90. The van der Waals surface area contributed by atoms with Gasteiger partial charge in [0.1, 0.15) is 0 Å². The summed E-state index contributed by atoms with van der Waals surface area (Å²) in [5, 5.41) is 12.8. The SMILES string of the molecule is OC[C@]1(CC2CC2)CCCNC1. The van der Waals surface area contributed by atoms with Crippen molar-refractivity contribution in [2.24, 2.45) is 11.3 Å². The lowest BCUT2D eigenvalue weighted by atomic mass is 9.77. The molecular formula is C10H19NO. The van der Waals surface area contributed by atoms with Crippen molar-refractivity contribution < 1.29 is 5.11 Å². The Labute approximate surface area is 74.4 Å². The molecule has 2 aliphatic rings. The second-order valence-electron chi connectivity index (χ2n) is 4.59. The third-order valence-electron chi connectivity index (χ3n) is 3.31. The van der Waals surface area contributed by atoms with E-state index in [2.05, 4.69) is 5.32 Å². The number of piperidine rings is 1. The summed E-state index contributed by atoms with van der Waals surface area (Å²) in [5.41, 5.74) is 0.249. The second kappa shape index (κ2) is 3.35. The van der Waals surface area contributed by atoms with E-state index in [-0.39, 0.29) is 5.41 Å². The van der Waals surface area contributed by atoms with E-state index in [0.717, 1.165) is 19.0 Å². The van der Waals surface area contributed by atoms with Gasteiger partial charge in [0.2, 0.25) is 0 Å². The zero-order valence-electron chi connectivity index (χ0n) is 7.68. The van der Waals surface area contributed by atoms with E-state index in [1.807, 2.05) is 0 Å². The first-order valence-electron chi connectivity index (χ1n) is 5.16. The molecule has 0 unspecified atom stereocenters. The van der Waals surface area contributed by atoms with Gasteiger partial charge in [0.15, 0.2) is 0 Å². The maximum absolute atomic E-state index is 9.38. The number of hydrogen-bond donors (Lipinski definition) is 2. The van der Waals surface area contributed by atoms with Crippen LogP contribution in [0.1, 0.15) is 32.1 Å². The molecule has 2 N–H and O–H groups in total. The molecular weight excluding hydrogens is 150 g/mol. The molecule has 1 aliphatic heterocycles. The van der Waals surface area contributed by atoms with Crippen LogP contribution in [0.5, 0.6) is 0 Å². The van der Waals surface area contributed by atoms with Crippen molar-refractivity contribution in [2.45, 2.75) is 32.1 Å². The zero-order chi connectivity index (χ0) is 8.44. The lowest BCUT2D eigenvalue weighted by Crippen LogP contribution is -2.42. The largest absolute Gasteiger partial charge is 0.396 e. The van der Waals surface area contributed by atoms with Crippen LogP contribution in [0.25, 0.3) is 0 Å². The van der Waals surface area contributed by atoms with Crippen molar-refractivity contribution in [1.29, 1.82) is 0 Å². The van der Waals surface area contributed by atoms with Gasteiger partial charge in [-0.1, -0.05) is 12.8 Å². The Hall–Kier alpha value is -0.0800. The van der Waals surface area contributed by atoms with Gasteiger partial charge in [-0.3, -0.25) is 0 Å². The summed E-state index contributed by atoms with van der Waals surface area (Å²) in [6.07, 6.45) is 6.54. The van der Waals surface area contributed by atoms with Crippen LogP contribution in [0.4, 0.5) is 0 Å². The molecule has 1 aliphatic carbocycles. The van der Waals surface area contributed by atoms with E-state index in [9.17, 15) is 5.11 Å². The van der Waals surface area contributed by atoms with Crippen molar-refractivity contribution in [1.82, 2.24) is 5.32 Å². The summed E-state index contributed by atoms with van der Waals surface area (Å²) in [6, 6.07) is 0. The van der Waals surface area contributed by atoms with Gasteiger partial charge in [-0.15, -0.1) is 0 Å². The molecule has 0 bridgehead atoms. The second-order valence-corrected chi connectivity index (χ2v) is 4.59. The third kappa shape index (κ3) is 1.80. The average molecular weight is 169 g/mol. The van der Waals surface area contributed by atoms with E-state index in [1.165, 1.54) is 32.1 Å². The Kier molecular flexibility index (Phi) is 2.37. The van der Waals surface area contributed by atoms with Gasteiger partial charge in [-0.05, 0) is 31.7 Å². The summed E-state index contributed by atoms with van der Waals surface area (Å²) in [5.74, 6) is 0.942. The number of rotatable bonds is 3. The van der Waals surface area contributed by atoms with Gasteiger partial charge < -0.3 is 10.4 Å². The Balaban J connectivity index is 1.90. The predicted octanol–water partition coefficient (Wildman–Crippen LogP) is 1.15. The molecule has 70 valence electrons. The lowest BCUT2D eigenvalue weighted by molar-refractivity contribution is 0.0802. The molecule has 0 aromatic rings. The lowest BCUT2D eigenvalue weighted by Gasteiger charge is -2.36. The van der Waals surface area contributed by atoms with E-state index >= 15 is 0 Å². The Morgan fingerprint density at radius 2 is 2.25 bits per heavy atom. The molecule has 2 nitrogen and oxygen atoms in total. The van der Waals surface area contributed by atoms with Gasteiger partial charge in [0, 0.05) is 18.6 Å². The fourth-order valence-electron chi connectivity index (χ4n) is 2.34. The smallest absolute Gasteiger partial charge is 0.0499 e. The van der Waals surface area contributed by atoms with Gasteiger partial charge in [0.05, 0.1) is 0 Å². The highest BCUT2D eigenvalue weighted by Crippen LogP contribution is 2.42. The molecule has 2 heteroatoms. The van der Waals surface area contributed by atoms with Gasteiger partial charge in [-0.2, -0.15) is 0 Å². The summed E-state index contributed by atoms with van der Waals surface area (Å²) in [6.45, 7) is 2.57. The number of aliphatic hydroxyl groups is 1. The highest BCUT2D eigenvalue weighted by Gasteiger charge is 2.37. The van der Waals surface area contributed by atoms with Crippen molar-refractivity contribution in [3.8, 4) is 0 Å². The fraction of sp³-hybridized carbons (Fsp3) is 1.00.